The molecule has 0 aliphatic heterocycles. The lowest BCUT2D eigenvalue weighted by molar-refractivity contribution is 0.0906. The highest BCUT2D eigenvalue weighted by Gasteiger charge is 2.20. The molecule has 0 fully saturated rings. The van der Waals surface area contributed by atoms with Crippen molar-refractivity contribution >= 4 is 22.5 Å². The number of hydrogen-bond acceptors (Lipinski definition) is 4. The summed E-state index contributed by atoms with van der Waals surface area (Å²) in [4.78, 5) is 16.6. The van der Waals surface area contributed by atoms with Crippen molar-refractivity contribution in [3.63, 3.8) is 0 Å². The van der Waals surface area contributed by atoms with Crippen molar-refractivity contribution in [3.8, 4) is 0 Å². The Morgan fingerprint density at radius 1 is 1.35 bits per heavy atom. The monoisotopic (exact) mass is 272 g/mol. The lowest BCUT2D eigenvalue weighted by Crippen LogP contribution is -2.43. The molecule has 5 heteroatoms. The molecule has 0 spiro atoms. The molecule has 0 radical (unpaired) electrons. The van der Waals surface area contributed by atoms with Gasteiger partial charge in [0, 0.05) is 10.9 Å². The van der Waals surface area contributed by atoms with Crippen LogP contribution in [0.2, 0.25) is 0 Å². The number of nitrogens with two attached hydrogens (primary N) is 1. The minimum Gasteiger partial charge on any atom is -0.346 e. The van der Waals surface area contributed by atoms with E-state index in [4.69, 9.17) is 5.84 Å². The van der Waals surface area contributed by atoms with Gasteiger partial charge in [0.1, 0.15) is 11.5 Å². The first-order valence-corrected chi connectivity index (χ1v) is 6.66. The van der Waals surface area contributed by atoms with Crippen LogP contribution in [0.3, 0.4) is 0 Å². The summed E-state index contributed by atoms with van der Waals surface area (Å²) in [6.07, 6.45) is 0.842. The lowest BCUT2D eigenvalue weighted by Gasteiger charge is -2.24. The van der Waals surface area contributed by atoms with Gasteiger partial charge >= 0.3 is 0 Å². The van der Waals surface area contributed by atoms with Gasteiger partial charge in [0.15, 0.2) is 0 Å². The Balaban J connectivity index is 2.42. The molecule has 106 valence electrons. The van der Waals surface area contributed by atoms with E-state index in [1.807, 2.05) is 45.0 Å². The number of aromatic nitrogens is 1. The maximum Gasteiger partial charge on any atom is 0.270 e. The van der Waals surface area contributed by atoms with E-state index >= 15 is 0 Å². The Hall–Kier alpha value is -2.14. The van der Waals surface area contributed by atoms with Crippen molar-refractivity contribution in [2.24, 2.45) is 5.84 Å². The standard InChI is InChI=1S/C15H20N4O/c1-4-15(2,3)18-14(20)12-9-10-7-5-6-8-11(10)13(17-12)19-16/h5-9H,4,16H2,1-3H3,(H,17,19)(H,18,20). The third-order valence-electron chi connectivity index (χ3n) is 3.45. The fraction of sp³-hybridized carbons (Fsp3) is 0.333. The summed E-state index contributed by atoms with van der Waals surface area (Å²) in [5.74, 6) is 5.80. The number of benzene rings is 1. The van der Waals surface area contributed by atoms with Crippen LogP contribution in [-0.4, -0.2) is 16.4 Å². The maximum atomic E-state index is 12.3. The van der Waals surface area contributed by atoms with Gasteiger partial charge in [0.05, 0.1) is 0 Å². The van der Waals surface area contributed by atoms with E-state index in [-0.39, 0.29) is 11.4 Å². The zero-order chi connectivity index (χ0) is 14.8. The normalized spacial score (nSPS) is 11.4. The third kappa shape index (κ3) is 2.88. The summed E-state index contributed by atoms with van der Waals surface area (Å²) in [6, 6.07) is 9.44. The Labute approximate surface area is 118 Å². The molecule has 0 unspecified atom stereocenters. The molecule has 1 heterocycles. The number of amides is 1. The fourth-order valence-electron chi connectivity index (χ4n) is 1.88. The van der Waals surface area contributed by atoms with Crippen LogP contribution in [0, 0.1) is 0 Å². The highest BCUT2D eigenvalue weighted by molar-refractivity contribution is 6.00. The van der Waals surface area contributed by atoms with E-state index in [1.54, 1.807) is 6.07 Å². The van der Waals surface area contributed by atoms with Crippen molar-refractivity contribution in [2.75, 3.05) is 5.43 Å². The van der Waals surface area contributed by atoms with Crippen LogP contribution in [0.15, 0.2) is 30.3 Å². The first kappa shape index (κ1) is 14.3. The summed E-state index contributed by atoms with van der Waals surface area (Å²) in [6.45, 7) is 5.99. The molecular formula is C15H20N4O. The van der Waals surface area contributed by atoms with Crippen LogP contribution < -0.4 is 16.6 Å². The Morgan fingerprint density at radius 3 is 2.70 bits per heavy atom. The second-order valence-corrected chi connectivity index (χ2v) is 5.41. The molecule has 0 aliphatic rings. The summed E-state index contributed by atoms with van der Waals surface area (Å²) in [7, 11) is 0. The minimum atomic E-state index is -0.263. The minimum absolute atomic E-state index is 0.195. The van der Waals surface area contributed by atoms with Gasteiger partial charge in [-0.2, -0.15) is 0 Å². The molecule has 0 atom stereocenters. The smallest absolute Gasteiger partial charge is 0.270 e. The lowest BCUT2D eigenvalue weighted by atomic mass is 10.0. The molecule has 0 saturated carbocycles. The van der Waals surface area contributed by atoms with Crippen molar-refractivity contribution in [1.29, 1.82) is 0 Å². The number of anilines is 1. The van der Waals surface area contributed by atoms with Crippen molar-refractivity contribution in [3.05, 3.63) is 36.0 Å². The van der Waals surface area contributed by atoms with Gasteiger partial charge in [-0.05, 0) is 31.7 Å². The predicted molar refractivity (Wildman–Crippen MR) is 81.4 cm³/mol. The van der Waals surface area contributed by atoms with Crippen molar-refractivity contribution < 1.29 is 4.79 Å². The number of hydrazine groups is 1. The molecule has 0 aliphatic carbocycles. The number of carbonyl (C=O) groups is 1. The zero-order valence-electron chi connectivity index (χ0n) is 12.0. The number of nitrogens with one attached hydrogen (secondary N) is 2. The number of carbonyl (C=O) groups excluding carboxylic acids is 1. The topological polar surface area (TPSA) is 80.0 Å². The SMILES string of the molecule is CCC(C)(C)NC(=O)c1cc2ccccc2c(NN)n1. The summed E-state index contributed by atoms with van der Waals surface area (Å²) in [5.41, 5.74) is 2.65. The van der Waals surface area contributed by atoms with Crippen LogP contribution in [-0.2, 0) is 0 Å². The van der Waals surface area contributed by atoms with Gasteiger partial charge < -0.3 is 10.7 Å². The first-order valence-electron chi connectivity index (χ1n) is 6.66. The molecule has 1 aromatic carbocycles. The van der Waals surface area contributed by atoms with Crippen molar-refractivity contribution in [2.45, 2.75) is 32.7 Å². The Kier molecular flexibility index (Phi) is 3.90. The second kappa shape index (κ2) is 5.46. The van der Waals surface area contributed by atoms with Crippen LogP contribution in [0.1, 0.15) is 37.7 Å². The van der Waals surface area contributed by atoms with Gasteiger partial charge in [-0.25, -0.2) is 10.8 Å². The molecule has 0 bridgehead atoms. The molecule has 2 rings (SSSR count). The highest BCUT2D eigenvalue weighted by atomic mass is 16.2. The third-order valence-corrected chi connectivity index (χ3v) is 3.45. The number of hydrogen-bond donors (Lipinski definition) is 3. The van der Waals surface area contributed by atoms with E-state index in [0.29, 0.717) is 11.5 Å². The number of fused-ring (bicyclic) bond motifs is 1. The Bertz CT molecular complexity index is 637. The van der Waals surface area contributed by atoms with Crippen molar-refractivity contribution in [1.82, 2.24) is 10.3 Å². The van der Waals surface area contributed by atoms with Gasteiger partial charge in [-0.1, -0.05) is 31.2 Å². The quantitative estimate of drug-likeness (QED) is 0.590. The summed E-state index contributed by atoms with van der Waals surface area (Å²) < 4.78 is 0. The van der Waals surface area contributed by atoms with Crippen LogP contribution in [0.4, 0.5) is 5.82 Å². The number of rotatable bonds is 4. The fourth-order valence-corrected chi connectivity index (χ4v) is 1.88. The van der Waals surface area contributed by atoms with Crippen LogP contribution in [0.5, 0.6) is 0 Å². The zero-order valence-corrected chi connectivity index (χ0v) is 12.0. The van der Waals surface area contributed by atoms with E-state index in [2.05, 4.69) is 15.7 Å². The van der Waals surface area contributed by atoms with Crippen LogP contribution >= 0.6 is 0 Å². The molecule has 0 saturated heterocycles. The molecule has 4 N–H and O–H groups in total. The number of nitrogens with zero attached hydrogens (tertiary/aromatic N) is 1. The molecule has 1 amide bonds. The molecular weight excluding hydrogens is 252 g/mol. The average Bonchev–Trinajstić information content (AvgIpc) is 2.45. The number of nitrogen functional groups attached to an aromatic ring is 1. The molecule has 2 aromatic rings. The summed E-state index contributed by atoms with van der Waals surface area (Å²) >= 11 is 0. The van der Waals surface area contributed by atoms with E-state index in [9.17, 15) is 4.79 Å². The summed E-state index contributed by atoms with van der Waals surface area (Å²) in [5, 5.41) is 4.78. The predicted octanol–water partition coefficient (Wildman–Crippen LogP) is 2.44. The molecule has 20 heavy (non-hydrogen) atoms. The van der Waals surface area contributed by atoms with Gasteiger partial charge in [-0.15, -0.1) is 0 Å². The average molecular weight is 272 g/mol. The van der Waals surface area contributed by atoms with Gasteiger partial charge in [0.2, 0.25) is 0 Å². The van der Waals surface area contributed by atoms with E-state index in [0.717, 1.165) is 17.2 Å². The molecule has 5 nitrogen and oxygen atoms in total. The van der Waals surface area contributed by atoms with Gasteiger partial charge in [0.25, 0.3) is 5.91 Å². The van der Waals surface area contributed by atoms with E-state index < -0.39 is 0 Å². The first-order chi connectivity index (χ1) is 9.46. The second-order valence-electron chi connectivity index (χ2n) is 5.41. The number of pyridine rings is 1. The Morgan fingerprint density at radius 2 is 2.05 bits per heavy atom. The van der Waals surface area contributed by atoms with Crippen LogP contribution in [0.25, 0.3) is 10.8 Å². The van der Waals surface area contributed by atoms with E-state index in [1.165, 1.54) is 0 Å². The van der Waals surface area contributed by atoms with Gasteiger partial charge in [-0.3, -0.25) is 4.79 Å². The highest BCUT2D eigenvalue weighted by Crippen LogP contribution is 2.22. The largest absolute Gasteiger partial charge is 0.346 e. The maximum absolute atomic E-state index is 12.3. The molecule has 1 aromatic heterocycles.